The largest absolute Gasteiger partial charge is 0.314 e. The Bertz CT molecular complexity index is 333. The second kappa shape index (κ2) is 8.31. The average Bonchev–Trinajstić information content (AvgIpc) is 2.47. The molecule has 0 aromatic heterocycles. The normalized spacial score (nSPS) is 16.9. The quantitative estimate of drug-likeness (QED) is 0.801. The minimum Gasteiger partial charge on any atom is -0.314 e. The number of nitrogens with zero attached hydrogens (tertiary/aromatic N) is 2. The molecule has 106 valence electrons. The van der Waals surface area contributed by atoms with E-state index in [-0.39, 0.29) is 0 Å². The summed E-state index contributed by atoms with van der Waals surface area (Å²) in [4.78, 5) is 5.02. The number of rotatable bonds is 7. The summed E-state index contributed by atoms with van der Waals surface area (Å²) in [6.07, 6.45) is 2.44. The molecule has 1 N–H and O–H groups in total. The Morgan fingerprint density at radius 1 is 1.11 bits per heavy atom. The van der Waals surface area contributed by atoms with Crippen LogP contribution in [0.1, 0.15) is 12.0 Å². The predicted molar refractivity (Wildman–Crippen MR) is 81.6 cm³/mol. The van der Waals surface area contributed by atoms with Crippen LogP contribution >= 0.6 is 0 Å². The zero-order chi connectivity index (χ0) is 13.3. The van der Waals surface area contributed by atoms with Crippen LogP contribution in [0.25, 0.3) is 0 Å². The third kappa shape index (κ3) is 5.72. The minimum atomic E-state index is 1.16. The maximum Gasteiger partial charge on any atom is 0.0107 e. The second-order valence-corrected chi connectivity index (χ2v) is 5.48. The first-order valence-electron chi connectivity index (χ1n) is 7.50. The van der Waals surface area contributed by atoms with E-state index in [1.165, 1.54) is 38.2 Å². The van der Waals surface area contributed by atoms with Crippen molar-refractivity contribution < 1.29 is 0 Å². The third-order valence-corrected chi connectivity index (χ3v) is 3.85. The van der Waals surface area contributed by atoms with E-state index >= 15 is 0 Å². The van der Waals surface area contributed by atoms with Gasteiger partial charge in [-0.05, 0) is 38.5 Å². The topological polar surface area (TPSA) is 18.5 Å². The molecule has 0 aliphatic carbocycles. The summed E-state index contributed by atoms with van der Waals surface area (Å²) in [7, 11) is 2.24. The maximum absolute atomic E-state index is 3.40. The van der Waals surface area contributed by atoms with Gasteiger partial charge in [0.05, 0.1) is 0 Å². The Morgan fingerprint density at radius 3 is 2.58 bits per heavy atom. The van der Waals surface area contributed by atoms with E-state index in [1.807, 2.05) is 0 Å². The van der Waals surface area contributed by atoms with Crippen LogP contribution in [-0.4, -0.2) is 62.7 Å². The van der Waals surface area contributed by atoms with Crippen LogP contribution in [0.15, 0.2) is 30.3 Å². The van der Waals surface area contributed by atoms with E-state index in [0.717, 1.165) is 26.1 Å². The Hall–Kier alpha value is -0.900. The van der Waals surface area contributed by atoms with E-state index in [0.29, 0.717) is 0 Å². The molecule has 1 saturated heterocycles. The Labute approximate surface area is 117 Å². The highest BCUT2D eigenvalue weighted by molar-refractivity contribution is 5.14. The molecule has 0 amide bonds. The number of hydrogen-bond acceptors (Lipinski definition) is 3. The number of nitrogens with one attached hydrogen (secondary N) is 1. The lowest BCUT2D eigenvalue weighted by atomic mass is 10.1. The SMILES string of the molecule is CN(CCCN1CCNCC1)CCc1ccccc1. The van der Waals surface area contributed by atoms with Crippen LogP contribution in [0.3, 0.4) is 0 Å². The van der Waals surface area contributed by atoms with E-state index in [9.17, 15) is 0 Å². The van der Waals surface area contributed by atoms with E-state index in [4.69, 9.17) is 0 Å². The fraction of sp³-hybridized carbons (Fsp3) is 0.625. The molecule has 0 bridgehead atoms. The van der Waals surface area contributed by atoms with Crippen LogP contribution in [0, 0.1) is 0 Å². The zero-order valence-electron chi connectivity index (χ0n) is 12.1. The molecule has 1 aromatic rings. The standard InChI is InChI=1S/C16H27N3/c1-18(13-8-16-6-3-2-4-7-16)11-5-12-19-14-9-17-10-15-19/h2-4,6-7,17H,5,8-15H2,1H3. The van der Waals surface area contributed by atoms with Crippen molar-refractivity contribution >= 4 is 0 Å². The Balaban J connectivity index is 1.55. The van der Waals surface area contributed by atoms with E-state index in [1.54, 1.807) is 0 Å². The number of likely N-dealkylation sites (N-methyl/N-ethyl adjacent to an activating group) is 1. The lowest BCUT2D eigenvalue weighted by molar-refractivity contribution is 0.222. The summed E-state index contributed by atoms with van der Waals surface area (Å²) in [6, 6.07) is 10.8. The molecular formula is C16H27N3. The molecule has 0 radical (unpaired) electrons. The van der Waals surface area contributed by atoms with Gasteiger partial charge in [-0.2, -0.15) is 0 Å². The summed E-state index contributed by atoms with van der Waals surface area (Å²) in [5, 5.41) is 3.40. The molecule has 1 fully saturated rings. The molecule has 1 aromatic carbocycles. The highest BCUT2D eigenvalue weighted by Crippen LogP contribution is 2.01. The van der Waals surface area contributed by atoms with Gasteiger partial charge in [0.15, 0.2) is 0 Å². The summed E-state index contributed by atoms with van der Waals surface area (Å²) in [5.74, 6) is 0. The highest BCUT2D eigenvalue weighted by atomic mass is 15.2. The van der Waals surface area contributed by atoms with Crippen molar-refractivity contribution in [2.75, 3.05) is 52.9 Å². The monoisotopic (exact) mass is 261 g/mol. The number of hydrogen-bond donors (Lipinski definition) is 1. The lowest BCUT2D eigenvalue weighted by Crippen LogP contribution is -2.44. The van der Waals surface area contributed by atoms with Gasteiger partial charge in [-0.15, -0.1) is 0 Å². The van der Waals surface area contributed by atoms with Gasteiger partial charge < -0.3 is 15.1 Å². The fourth-order valence-corrected chi connectivity index (χ4v) is 2.58. The van der Waals surface area contributed by atoms with Crippen molar-refractivity contribution in [2.45, 2.75) is 12.8 Å². The van der Waals surface area contributed by atoms with Crippen molar-refractivity contribution in [3.63, 3.8) is 0 Å². The Morgan fingerprint density at radius 2 is 1.84 bits per heavy atom. The molecule has 1 heterocycles. The Kier molecular flexibility index (Phi) is 6.34. The number of piperazine rings is 1. The van der Waals surface area contributed by atoms with Crippen molar-refractivity contribution in [3.8, 4) is 0 Å². The predicted octanol–water partition coefficient (Wildman–Crippen LogP) is 1.46. The van der Waals surface area contributed by atoms with Crippen molar-refractivity contribution in [2.24, 2.45) is 0 Å². The first-order valence-corrected chi connectivity index (χ1v) is 7.50. The molecule has 0 saturated carbocycles. The van der Waals surface area contributed by atoms with Gasteiger partial charge in [0.25, 0.3) is 0 Å². The van der Waals surface area contributed by atoms with E-state index < -0.39 is 0 Å². The van der Waals surface area contributed by atoms with Gasteiger partial charge in [0, 0.05) is 32.7 Å². The molecule has 0 unspecified atom stereocenters. The van der Waals surface area contributed by atoms with Crippen LogP contribution in [0.5, 0.6) is 0 Å². The average molecular weight is 261 g/mol. The first kappa shape index (κ1) is 14.5. The van der Waals surface area contributed by atoms with Gasteiger partial charge in [-0.1, -0.05) is 30.3 Å². The van der Waals surface area contributed by atoms with Crippen molar-refractivity contribution in [1.82, 2.24) is 15.1 Å². The molecule has 1 aliphatic heterocycles. The summed E-state index contributed by atoms with van der Waals surface area (Å²) in [5.41, 5.74) is 1.44. The summed E-state index contributed by atoms with van der Waals surface area (Å²) < 4.78 is 0. The molecule has 0 spiro atoms. The minimum absolute atomic E-state index is 1.16. The van der Waals surface area contributed by atoms with Crippen LogP contribution < -0.4 is 5.32 Å². The summed E-state index contributed by atoms with van der Waals surface area (Å²) >= 11 is 0. The first-order chi connectivity index (χ1) is 9.34. The van der Waals surface area contributed by atoms with Gasteiger partial charge >= 0.3 is 0 Å². The molecular weight excluding hydrogens is 234 g/mol. The van der Waals surface area contributed by atoms with Crippen LogP contribution in [-0.2, 0) is 6.42 Å². The van der Waals surface area contributed by atoms with Crippen molar-refractivity contribution in [1.29, 1.82) is 0 Å². The molecule has 3 heteroatoms. The zero-order valence-corrected chi connectivity index (χ0v) is 12.1. The van der Waals surface area contributed by atoms with Gasteiger partial charge in [0.2, 0.25) is 0 Å². The maximum atomic E-state index is 3.40. The fourth-order valence-electron chi connectivity index (χ4n) is 2.58. The molecule has 0 atom stereocenters. The van der Waals surface area contributed by atoms with Gasteiger partial charge in [-0.3, -0.25) is 0 Å². The summed E-state index contributed by atoms with van der Waals surface area (Å²) in [6.45, 7) is 8.36. The van der Waals surface area contributed by atoms with Crippen LogP contribution in [0.2, 0.25) is 0 Å². The van der Waals surface area contributed by atoms with Gasteiger partial charge in [-0.25, -0.2) is 0 Å². The molecule has 3 nitrogen and oxygen atoms in total. The smallest absolute Gasteiger partial charge is 0.0107 e. The van der Waals surface area contributed by atoms with Crippen molar-refractivity contribution in [3.05, 3.63) is 35.9 Å². The third-order valence-electron chi connectivity index (χ3n) is 3.85. The lowest BCUT2D eigenvalue weighted by Gasteiger charge is -2.27. The molecule has 2 rings (SSSR count). The molecule has 19 heavy (non-hydrogen) atoms. The van der Waals surface area contributed by atoms with Crippen LogP contribution in [0.4, 0.5) is 0 Å². The second-order valence-electron chi connectivity index (χ2n) is 5.48. The van der Waals surface area contributed by atoms with Gasteiger partial charge in [0.1, 0.15) is 0 Å². The van der Waals surface area contributed by atoms with E-state index in [2.05, 4.69) is 52.5 Å². The highest BCUT2D eigenvalue weighted by Gasteiger charge is 2.08. The molecule has 1 aliphatic rings. The number of benzene rings is 1.